The molecule has 0 amide bonds. The Bertz CT molecular complexity index is 344. The van der Waals surface area contributed by atoms with Gasteiger partial charge in [-0.3, -0.25) is 0 Å². The number of fused-ring (bicyclic) bond motifs is 1. The standard InChI is InChI=1S/C10H15N3/c1-6-4-10(2,3)7-5-12-9(11)13-8(6)7/h5-6H,4H2,1-3H3,(H2,11,12,13). The number of anilines is 1. The van der Waals surface area contributed by atoms with Crippen molar-refractivity contribution in [3.05, 3.63) is 17.5 Å². The van der Waals surface area contributed by atoms with Crippen LogP contribution in [0.25, 0.3) is 0 Å². The second-order valence-electron chi connectivity index (χ2n) is 4.52. The van der Waals surface area contributed by atoms with Crippen molar-refractivity contribution >= 4 is 5.95 Å². The van der Waals surface area contributed by atoms with E-state index in [0.717, 1.165) is 12.1 Å². The van der Waals surface area contributed by atoms with Crippen LogP contribution in [0, 0.1) is 0 Å². The van der Waals surface area contributed by atoms with Gasteiger partial charge in [-0.2, -0.15) is 0 Å². The lowest BCUT2D eigenvalue weighted by Crippen LogP contribution is -2.13. The quantitative estimate of drug-likeness (QED) is 0.658. The minimum Gasteiger partial charge on any atom is -0.368 e. The van der Waals surface area contributed by atoms with Crippen molar-refractivity contribution in [2.75, 3.05) is 5.73 Å². The highest BCUT2D eigenvalue weighted by Crippen LogP contribution is 2.44. The Morgan fingerprint density at radius 3 is 2.92 bits per heavy atom. The van der Waals surface area contributed by atoms with Gasteiger partial charge in [-0.05, 0) is 23.3 Å². The smallest absolute Gasteiger partial charge is 0.220 e. The number of nitrogens with zero attached hydrogens (tertiary/aromatic N) is 2. The fourth-order valence-electron chi connectivity index (χ4n) is 2.28. The SMILES string of the molecule is CC1CC(C)(C)c2cnc(N)nc21. The van der Waals surface area contributed by atoms with E-state index in [1.165, 1.54) is 5.56 Å². The van der Waals surface area contributed by atoms with Crippen LogP contribution in [0.4, 0.5) is 5.95 Å². The largest absolute Gasteiger partial charge is 0.368 e. The molecule has 3 nitrogen and oxygen atoms in total. The van der Waals surface area contributed by atoms with Crippen LogP contribution in [0.5, 0.6) is 0 Å². The average Bonchev–Trinajstić information content (AvgIpc) is 2.22. The predicted molar refractivity (Wildman–Crippen MR) is 52.5 cm³/mol. The van der Waals surface area contributed by atoms with Crippen molar-refractivity contribution in [1.82, 2.24) is 9.97 Å². The van der Waals surface area contributed by atoms with Crippen LogP contribution in [-0.4, -0.2) is 9.97 Å². The first kappa shape index (κ1) is 8.48. The van der Waals surface area contributed by atoms with Gasteiger partial charge < -0.3 is 5.73 Å². The minimum atomic E-state index is 0.211. The van der Waals surface area contributed by atoms with Crippen LogP contribution in [0.15, 0.2) is 6.20 Å². The van der Waals surface area contributed by atoms with Gasteiger partial charge in [-0.1, -0.05) is 20.8 Å². The zero-order chi connectivity index (χ0) is 9.64. The minimum absolute atomic E-state index is 0.211. The molecular formula is C10H15N3. The maximum Gasteiger partial charge on any atom is 0.220 e. The topological polar surface area (TPSA) is 51.8 Å². The van der Waals surface area contributed by atoms with E-state index in [2.05, 4.69) is 30.7 Å². The maximum absolute atomic E-state index is 5.56. The monoisotopic (exact) mass is 177 g/mol. The van der Waals surface area contributed by atoms with Gasteiger partial charge in [0, 0.05) is 6.20 Å². The zero-order valence-electron chi connectivity index (χ0n) is 8.33. The molecule has 0 radical (unpaired) electrons. The van der Waals surface area contributed by atoms with Gasteiger partial charge in [0.25, 0.3) is 0 Å². The molecule has 1 atom stereocenters. The molecule has 3 heteroatoms. The van der Waals surface area contributed by atoms with Crippen molar-refractivity contribution in [2.45, 2.75) is 38.5 Å². The van der Waals surface area contributed by atoms with E-state index in [0.29, 0.717) is 11.9 Å². The number of nitrogens with two attached hydrogens (primary N) is 1. The van der Waals surface area contributed by atoms with Crippen LogP contribution in [0.1, 0.15) is 44.4 Å². The van der Waals surface area contributed by atoms with Crippen LogP contribution in [0.2, 0.25) is 0 Å². The average molecular weight is 177 g/mol. The summed E-state index contributed by atoms with van der Waals surface area (Å²) in [6.45, 7) is 6.66. The number of aromatic nitrogens is 2. The Hall–Kier alpha value is -1.12. The molecule has 2 rings (SSSR count). The molecule has 0 saturated carbocycles. The van der Waals surface area contributed by atoms with E-state index in [4.69, 9.17) is 5.73 Å². The molecule has 0 aromatic carbocycles. The first-order valence-corrected chi connectivity index (χ1v) is 4.63. The Kier molecular flexibility index (Phi) is 1.59. The van der Waals surface area contributed by atoms with Gasteiger partial charge >= 0.3 is 0 Å². The highest BCUT2D eigenvalue weighted by atomic mass is 15.0. The molecule has 2 N–H and O–H groups in total. The molecule has 1 aliphatic carbocycles. The number of hydrogen-bond acceptors (Lipinski definition) is 3. The first-order chi connectivity index (χ1) is 6.00. The van der Waals surface area contributed by atoms with E-state index in [1.54, 1.807) is 0 Å². The summed E-state index contributed by atoms with van der Waals surface area (Å²) in [7, 11) is 0. The molecule has 0 spiro atoms. The molecule has 0 fully saturated rings. The summed E-state index contributed by atoms with van der Waals surface area (Å²) in [6.07, 6.45) is 3.02. The van der Waals surface area contributed by atoms with E-state index < -0.39 is 0 Å². The molecule has 1 aromatic rings. The highest BCUT2D eigenvalue weighted by molar-refractivity contribution is 5.37. The van der Waals surface area contributed by atoms with Crippen LogP contribution < -0.4 is 5.73 Å². The van der Waals surface area contributed by atoms with E-state index in [9.17, 15) is 0 Å². The van der Waals surface area contributed by atoms with Crippen molar-refractivity contribution in [3.63, 3.8) is 0 Å². The van der Waals surface area contributed by atoms with E-state index in [-0.39, 0.29) is 5.41 Å². The Morgan fingerprint density at radius 2 is 2.23 bits per heavy atom. The van der Waals surface area contributed by atoms with Crippen molar-refractivity contribution in [3.8, 4) is 0 Å². The molecule has 0 saturated heterocycles. The third-order valence-electron chi connectivity index (χ3n) is 2.85. The maximum atomic E-state index is 5.56. The van der Waals surface area contributed by atoms with E-state index >= 15 is 0 Å². The molecule has 13 heavy (non-hydrogen) atoms. The number of hydrogen-bond donors (Lipinski definition) is 1. The molecule has 0 aliphatic heterocycles. The first-order valence-electron chi connectivity index (χ1n) is 4.63. The molecule has 1 aromatic heterocycles. The lowest BCUT2D eigenvalue weighted by atomic mass is 9.87. The van der Waals surface area contributed by atoms with Gasteiger partial charge in [0.1, 0.15) is 0 Å². The summed E-state index contributed by atoms with van der Waals surface area (Å²) in [5.74, 6) is 0.901. The van der Waals surface area contributed by atoms with Gasteiger partial charge in [-0.25, -0.2) is 9.97 Å². The third kappa shape index (κ3) is 1.19. The summed E-state index contributed by atoms with van der Waals surface area (Å²) < 4.78 is 0. The lowest BCUT2D eigenvalue weighted by Gasteiger charge is -2.17. The second-order valence-corrected chi connectivity index (χ2v) is 4.52. The number of nitrogen functional groups attached to an aromatic ring is 1. The fraction of sp³-hybridized carbons (Fsp3) is 0.600. The molecule has 1 unspecified atom stereocenters. The molecule has 70 valence electrons. The molecule has 1 aliphatic rings. The van der Waals surface area contributed by atoms with Crippen LogP contribution in [0.3, 0.4) is 0 Å². The van der Waals surface area contributed by atoms with Crippen molar-refractivity contribution in [1.29, 1.82) is 0 Å². The van der Waals surface area contributed by atoms with Gasteiger partial charge in [0.05, 0.1) is 5.69 Å². The normalized spacial score (nSPS) is 24.4. The lowest BCUT2D eigenvalue weighted by molar-refractivity contribution is 0.488. The zero-order valence-corrected chi connectivity index (χ0v) is 8.33. The number of rotatable bonds is 0. The summed E-state index contributed by atoms with van der Waals surface area (Å²) in [6, 6.07) is 0. The Balaban J connectivity index is 2.59. The molecular weight excluding hydrogens is 162 g/mol. The summed E-state index contributed by atoms with van der Waals surface area (Å²) in [5.41, 5.74) is 8.17. The second kappa shape index (κ2) is 2.44. The summed E-state index contributed by atoms with van der Waals surface area (Å²) in [5, 5.41) is 0. The van der Waals surface area contributed by atoms with Crippen LogP contribution in [-0.2, 0) is 5.41 Å². The Morgan fingerprint density at radius 1 is 1.54 bits per heavy atom. The predicted octanol–water partition coefficient (Wildman–Crippen LogP) is 1.84. The third-order valence-corrected chi connectivity index (χ3v) is 2.85. The summed E-state index contributed by atoms with van der Waals surface area (Å²) in [4.78, 5) is 8.34. The van der Waals surface area contributed by atoms with Gasteiger partial charge in [0.15, 0.2) is 0 Å². The Labute approximate surface area is 78.4 Å². The molecule has 1 heterocycles. The fourth-order valence-corrected chi connectivity index (χ4v) is 2.28. The van der Waals surface area contributed by atoms with E-state index in [1.807, 2.05) is 6.20 Å². The van der Waals surface area contributed by atoms with Crippen molar-refractivity contribution in [2.24, 2.45) is 0 Å². The van der Waals surface area contributed by atoms with Gasteiger partial charge in [0.2, 0.25) is 5.95 Å². The highest BCUT2D eigenvalue weighted by Gasteiger charge is 2.36. The van der Waals surface area contributed by atoms with Crippen LogP contribution >= 0.6 is 0 Å². The summed E-state index contributed by atoms with van der Waals surface area (Å²) >= 11 is 0. The molecule has 0 bridgehead atoms. The van der Waals surface area contributed by atoms with Gasteiger partial charge in [-0.15, -0.1) is 0 Å². The van der Waals surface area contributed by atoms with Crippen molar-refractivity contribution < 1.29 is 0 Å².